The molecule has 1 atom stereocenters. The van der Waals surface area contributed by atoms with E-state index in [9.17, 15) is 19.7 Å². The van der Waals surface area contributed by atoms with Crippen molar-refractivity contribution in [2.45, 2.75) is 52.4 Å². The molecule has 11 nitrogen and oxygen atoms in total. The van der Waals surface area contributed by atoms with E-state index in [1.807, 2.05) is 26.8 Å². The number of fused-ring (bicyclic) bond motifs is 7. The van der Waals surface area contributed by atoms with Crippen molar-refractivity contribution < 1.29 is 28.7 Å². The third-order valence-electron chi connectivity index (χ3n) is 8.25. The molecule has 0 radical (unpaired) electrons. The predicted octanol–water partition coefficient (Wildman–Crippen LogP) is 5.87. The van der Waals surface area contributed by atoms with E-state index in [-0.39, 0.29) is 29.4 Å². The third-order valence-corrected chi connectivity index (χ3v) is 8.25. The van der Waals surface area contributed by atoms with Crippen LogP contribution in [0.3, 0.4) is 0 Å². The van der Waals surface area contributed by atoms with Gasteiger partial charge in [-0.1, -0.05) is 13.8 Å². The van der Waals surface area contributed by atoms with Crippen LogP contribution in [0.1, 0.15) is 49.4 Å². The zero-order valence-corrected chi connectivity index (χ0v) is 23.1. The van der Waals surface area contributed by atoms with Crippen molar-refractivity contribution in [3.05, 3.63) is 103 Å². The van der Waals surface area contributed by atoms with Crippen molar-refractivity contribution in [3.8, 4) is 22.9 Å². The molecule has 0 spiro atoms. The van der Waals surface area contributed by atoms with Crippen LogP contribution in [-0.4, -0.2) is 20.6 Å². The predicted molar refractivity (Wildman–Crippen MR) is 150 cm³/mol. The van der Waals surface area contributed by atoms with Gasteiger partial charge in [0, 0.05) is 28.6 Å². The number of benzene rings is 2. The van der Waals surface area contributed by atoms with E-state index in [2.05, 4.69) is 0 Å². The summed E-state index contributed by atoms with van der Waals surface area (Å²) in [6.07, 6.45) is 0.329. The fraction of sp³-hybridized carbons (Fsp3) is 0.258. The summed E-state index contributed by atoms with van der Waals surface area (Å²) in [5.74, 6) is 1.91. The average molecular weight is 568 g/mol. The summed E-state index contributed by atoms with van der Waals surface area (Å²) >= 11 is 0. The minimum absolute atomic E-state index is 0.107. The van der Waals surface area contributed by atoms with Gasteiger partial charge in [0.05, 0.1) is 33.9 Å². The smallest absolute Gasteiger partial charge is 0.485 e. The van der Waals surface area contributed by atoms with E-state index in [0.29, 0.717) is 30.5 Å². The number of hydrogen-bond donors (Lipinski definition) is 0. The Morgan fingerprint density at radius 3 is 2.52 bits per heavy atom. The zero-order chi connectivity index (χ0) is 29.3. The molecule has 0 bridgehead atoms. The molecule has 7 rings (SSSR count). The molecule has 2 aromatic carbocycles. The fourth-order valence-corrected chi connectivity index (χ4v) is 6.30. The maximum absolute atomic E-state index is 13.7. The highest BCUT2D eigenvalue weighted by Gasteiger charge is 2.53. The SMILES string of the molecule is CCc1c2c(nc3ccc(OC(=O)Oc4ccc([N+](=O)[O-])cc4)cc13)-c1cc3c(c(=O)n1C2)COC1=C(C)O[C@]13CC. The number of aromatic nitrogens is 2. The van der Waals surface area contributed by atoms with Crippen LogP contribution in [0.15, 0.2) is 64.8 Å². The number of non-ortho nitro benzene ring substituents is 1. The lowest BCUT2D eigenvalue weighted by Crippen LogP contribution is -2.46. The largest absolute Gasteiger partial charge is 0.519 e. The molecule has 0 saturated carbocycles. The number of hydrogen-bond acceptors (Lipinski definition) is 9. The first-order valence-electron chi connectivity index (χ1n) is 13.6. The summed E-state index contributed by atoms with van der Waals surface area (Å²) in [7, 11) is 0. The molecule has 0 saturated heterocycles. The summed E-state index contributed by atoms with van der Waals surface area (Å²) in [4.78, 5) is 41.5. The normalized spacial score (nSPS) is 17.7. The number of allylic oxidation sites excluding steroid dienone is 1. The second-order valence-corrected chi connectivity index (χ2v) is 10.4. The monoisotopic (exact) mass is 567 g/mol. The van der Waals surface area contributed by atoms with Gasteiger partial charge in [0.25, 0.3) is 11.2 Å². The number of nitrogens with zero attached hydrogens (tertiary/aromatic N) is 3. The van der Waals surface area contributed by atoms with Gasteiger partial charge in [-0.2, -0.15) is 0 Å². The molecule has 4 aromatic rings. The van der Waals surface area contributed by atoms with Crippen molar-refractivity contribution in [2.24, 2.45) is 0 Å². The van der Waals surface area contributed by atoms with Crippen molar-refractivity contribution in [1.29, 1.82) is 0 Å². The van der Waals surface area contributed by atoms with Gasteiger partial charge in [0.15, 0.2) is 11.4 Å². The molecule has 11 heteroatoms. The van der Waals surface area contributed by atoms with E-state index >= 15 is 0 Å². The molecule has 0 N–H and O–H groups in total. The number of carbonyl (C=O) groups excluding carboxylic acids is 1. The van der Waals surface area contributed by atoms with Crippen LogP contribution in [0.25, 0.3) is 22.3 Å². The third kappa shape index (κ3) is 3.62. The van der Waals surface area contributed by atoms with Crippen LogP contribution in [0.4, 0.5) is 10.5 Å². The van der Waals surface area contributed by atoms with E-state index < -0.39 is 16.7 Å². The molecule has 5 heterocycles. The number of rotatable bonds is 5. The van der Waals surface area contributed by atoms with Crippen LogP contribution in [0.2, 0.25) is 0 Å². The van der Waals surface area contributed by atoms with Gasteiger partial charge >= 0.3 is 6.16 Å². The summed E-state index contributed by atoms with van der Waals surface area (Å²) in [6.45, 7) is 6.50. The van der Waals surface area contributed by atoms with Gasteiger partial charge in [0.2, 0.25) is 0 Å². The summed E-state index contributed by atoms with van der Waals surface area (Å²) < 4.78 is 24.5. The second kappa shape index (κ2) is 9.16. The Morgan fingerprint density at radius 2 is 1.83 bits per heavy atom. The van der Waals surface area contributed by atoms with E-state index in [0.717, 1.165) is 45.0 Å². The van der Waals surface area contributed by atoms with Gasteiger partial charge in [-0.05, 0) is 61.7 Å². The lowest BCUT2D eigenvalue weighted by molar-refractivity contribution is -0.384. The van der Waals surface area contributed by atoms with Crippen LogP contribution in [-0.2, 0) is 34.6 Å². The number of nitro benzene ring substituents is 1. The Labute approximate surface area is 239 Å². The molecular formula is C31H25N3O8. The first-order chi connectivity index (χ1) is 20.2. The number of pyridine rings is 2. The van der Waals surface area contributed by atoms with Gasteiger partial charge in [-0.15, -0.1) is 0 Å². The molecular weight excluding hydrogens is 542 g/mol. The molecule has 3 aliphatic rings. The molecule has 212 valence electrons. The van der Waals surface area contributed by atoms with E-state index in [4.69, 9.17) is 23.9 Å². The average Bonchev–Trinajstić information content (AvgIpc) is 3.34. The Balaban J connectivity index is 1.24. The van der Waals surface area contributed by atoms with E-state index in [1.54, 1.807) is 22.8 Å². The lowest BCUT2D eigenvalue weighted by atomic mass is 9.80. The fourth-order valence-electron chi connectivity index (χ4n) is 6.30. The van der Waals surface area contributed by atoms with Crippen molar-refractivity contribution in [1.82, 2.24) is 9.55 Å². The standard InChI is InChI=1S/C31H25N3O8/c1-4-20-21-12-19(41-30(36)40-18-8-6-17(7-9-18)34(37)38)10-11-25(21)32-27-22(20)14-33-26(27)13-24-23(29(33)35)15-39-28-16(3)42-31(24,28)5-2/h6-13H,4-5,14-15H2,1-3H3/t31-/m0/s1. The maximum Gasteiger partial charge on any atom is 0.519 e. The van der Waals surface area contributed by atoms with E-state index in [1.165, 1.54) is 24.3 Å². The topological polar surface area (TPSA) is 132 Å². The van der Waals surface area contributed by atoms with Gasteiger partial charge in [0.1, 0.15) is 23.9 Å². The molecule has 0 amide bonds. The molecule has 3 aliphatic heterocycles. The molecule has 0 fully saturated rings. The van der Waals surface area contributed by atoms with Crippen LogP contribution < -0.4 is 15.0 Å². The Morgan fingerprint density at radius 1 is 1.10 bits per heavy atom. The minimum Gasteiger partial charge on any atom is -0.485 e. The molecule has 0 unspecified atom stereocenters. The quantitative estimate of drug-likeness (QED) is 0.111. The molecule has 2 aromatic heterocycles. The minimum atomic E-state index is -0.978. The lowest BCUT2D eigenvalue weighted by Gasteiger charge is -2.47. The van der Waals surface area contributed by atoms with Crippen molar-refractivity contribution >= 4 is 22.7 Å². The number of aryl methyl sites for hydroxylation is 1. The second-order valence-electron chi connectivity index (χ2n) is 10.4. The van der Waals surface area contributed by atoms with Crippen LogP contribution in [0, 0.1) is 10.1 Å². The summed E-state index contributed by atoms with van der Waals surface area (Å²) in [5.41, 5.74) is 4.64. The molecule has 0 aliphatic carbocycles. The highest BCUT2D eigenvalue weighted by atomic mass is 16.7. The number of nitro groups is 1. The highest BCUT2D eigenvalue weighted by Crippen LogP contribution is 2.53. The Hall–Kier alpha value is -5.19. The van der Waals surface area contributed by atoms with Crippen LogP contribution >= 0.6 is 0 Å². The van der Waals surface area contributed by atoms with Crippen LogP contribution in [0.5, 0.6) is 11.5 Å². The first-order valence-corrected chi connectivity index (χ1v) is 13.6. The first kappa shape index (κ1) is 25.8. The maximum atomic E-state index is 13.7. The zero-order valence-electron chi connectivity index (χ0n) is 23.1. The highest BCUT2D eigenvalue weighted by molar-refractivity contribution is 5.89. The number of ether oxygens (including phenoxy) is 4. The molecule has 42 heavy (non-hydrogen) atoms. The van der Waals surface area contributed by atoms with Gasteiger partial charge < -0.3 is 23.5 Å². The van der Waals surface area contributed by atoms with Crippen molar-refractivity contribution in [2.75, 3.05) is 0 Å². The number of carbonyl (C=O) groups is 1. The Kier molecular flexibility index (Phi) is 5.62. The van der Waals surface area contributed by atoms with Gasteiger partial charge in [-0.25, -0.2) is 9.78 Å². The summed E-state index contributed by atoms with van der Waals surface area (Å²) in [5, 5.41) is 11.7. The Bertz CT molecular complexity index is 1940. The summed E-state index contributed by atoms with van der Waals surface area (Å²) in [6, 6.07) is 12.3. The van der Waals surface area contributed by atoms with Gasteiger partial charge in [-0.3, -0.25) is 14.9 Å². The van der Waals surface area contributed by atoms with Crippen molar-refractivity contribution in [3.63, 3.8) is 0 Å².